The molecule has 16 nitrogen and oxygen atoms in total. The largest absolute Gasteiger partial charge is 0.481 e. The molecule has 3 saturated heterocycles. The van der Waals surface area contributed by atoms with Gasteiger partial charge in [-0.1, -0.05) is 60.1 Å². The summed E-state index contributed by atoms with van der Waals surface area (Å²) in [4.78, 5) is 13.1. The maximum atomic E-state index is 13.1. The Balaban J connectivity index is 1.07. The molecule has 0 bridgehead atoms. The molecule has 16 heteroatoms. The van der Waals surface area contributed by atoms with E-state index in [-0.39, 0.29) is 40.1 Å². The first kappa shape index (κ1) is 48.1. The van der Waals surface area contributed by atoms with E-state index in [1.54, 1.807) is 0 Å². The fraction of sp³-hybridized carbons (Fsp3) is 0.936. The number of carboxylic acids is 1. The Bertz CT molecular complexity index is 1720. The Labute approximate surface area is 371 Å². The summed E-state index contributed by atoms with van der Waals surface area (Å²) in [5, 5.41) is 96.2. The third kappa shape index (κ3) is 7.51. The summed E-state index contributed by atoms with van der Waals surface area (Å²) in [7, 11) is 0. The summed E-state index contributed by atoms with van der Waals surface area (Å²) in [5.74, 6) is -0.0609. The van der Waals surface area contributed by atoms with Crippen molar-refractivity contribution in [1.29, 1.82) is 0 Å². The standard InChI is InChI=1S/C47H76O16/c1-22-30(50)32(52)34(54)38(59-22)63-37-36(62-39-35(55)33(53)31(51)26(20-48)60-39)25(49)21-58-40(37)61-29-12-13-44(6)27(43(29,4)5)11-14-46(8)28(44)10-9-23-24-19-42(2,3)15-17-47(24,41(56)57)18-16-45(23,46)7/h9,22,24-40,48-55H,10-21H2,1-8H3,(H,56,57)/t22-,24-,25-,26+,27-,28+,29-,30-,31+,32+,33-,34+,35+,36-,37+,38-,39-,40-,44-,45+,46+,47-/m0/s1. The van der Waals surface area contributed by atoms with Crippen molar-refractivity contribution in [2.24, 2.45) is 50.2 Å². The van der Waals surface area contributed by atoms with Gasteiger partial charge in [-0.25, -0.2) is 0 Å². The van der Waals surface area contributed by atoms with Crippen LogP contribution in [-0.4, -0.2) is 157 Å². The Hall–Kier alpha value is -1.35. The van der Waals surface area contributed by atoms with Gasteiger partial charge in [0, 0.05) is 0 Å². The molecule has 0 unspecified atom stereocenters. The molecular weight excluding hydrogens is 821 g/mol. The Morgan fingerprint density at radius 1 is 0.714 bits per heavy atom. The fourth-order valence-electron chi connectivity index (χ4n) is 14.8. The molecule has 360 valence electrons. The highest BCUT2D eigenvalue weighted by Gasteiger charge is 2.70. The van der Waals surface area contributed by atoms with Gasteiger partial charge in [-0.15, -0.1) is 0 Å². The van der Waals surface area contributed by atoms with Crippen LogP contribution in [0.4, 0.5) is 0 Å². The number of allylic oxidation sites excluding steroid dienone is 2. The van der Waals surface area contributed by atoms with Gasteiger partial charge < -0.3 is 74.4 Å². The first-order chi connectivity index (χ1) is 29.4. The molecule has 0 aromatic carbocycles. The van der Waals surface area contributed by atoms with Gasteiger partial charge in [0.15, 0.2) is 18.9 Å². The van der Waals surface area contributed by atoms with Crippen molar-refractivity contribution in [1.82, 2.24) is 0 Å². The average molecular weight is 897 g/mol. The average Bonchev–Trinajstić information content (AvgIpc) is 3.22. The summed E-state index contributed by atoms with van der Waals surface area (Å²) in [6.07, 6.45) is -10.5. The van der Waals surface area contributed by atoms with Crippen LogP contribution in [0, 0.1) is 50.2 Å². The highest BCUT2D eigenvalue weighted by Crippen LogP contribution is 2.76. The van der Waals surface area contributed by atoms with Crippen LogP contribution in [0.25, 0.3) is 0 Å². The van der Waals surface area contributed by atoms with E-state index >= 15 is 0 Å². The van der Waals surface area contributed by atoms with Crippen LogP contribution < -0.4 is 0 Å². The second-order valence-corrected chi connectivity index (χ2v) is 23.0. The molecule has 63 heavy (non-hydrogen) atoms. The maximum absolute atomic E-state index is 13.1. The maximum Gasteiger partial charge on any atom is 0.310 e. The molecule has 0 aromatic rings. The molecule has 0 spiro atoms. The first-order valence-corrected chi connectivity index (χ1v) is 23.6. The minimum Gasteiger partial charge on any atom is -0.481 e. The van der Waals surface area contributed by atoms with Crippen LogP contribution in [0.15, 0.2) is 11.6 Å². The second-order valence-electron chi connectivity index (χ2n) is 23.0. The third-order valence-corrected chi connectivity index (χ3v) is 18.9. The first-order valence-electron chi connectivity index (χ1n) is 23.6. The monoisotopic (exact) mass is 897 g/mol. The summed E-state index contributed by atoms with van der Waals surface area (Å²) >= 11 is 0. The summed E-state index contributed by atoms with van der Waals surface area (Å²) in [6, 6.07) is 0. The molecule has 7 fully saturated rings. The predicted octanol–water partition coefficient (Wildman–Crippen LogP) is 2.37. The van der Waals surface area contributed by atoms with Gasteiger partial charge in [0.2, 0.25) is 0 Å². The second kappa shape index (κ2) is 16.7. The summed E-state index contributed by atoms with van der Waals surface area (Å²) in [6.45, 7) is 16.9. The number of fused-ring (bicyclic) bond motifs is 7. The van der Waals surface area contributed by atoms with E-state index in [1.807, 2.05) is 0 Å². The third-order valence-electron chi connectivity index (χ3n) is 18.9. The van der Waals surface area contributed by atoms with Crippen LogP contribution in [0.1, 0.15) is 120 Å². The van der Waals surface area contributed by atoms with Crippen LogP contribution in [-0.2, 0) is 33.2 Å². The minimum atomic E-state index is -1.80. The lowest BCUT2D eigenvalue weighted by Gasteiger charge is -2.71. The lowest BCUT2D eigenvalue weighted by Crippen LogP contribution is -2.67. The lowest BCUT2D eigenvalue weighted by atomic mass is 9.33. The fourth-order valence-corrected chi connectivity index (χ4v) is 14.8. The zero-order chi connectivity index (χ0) is 46.0. The molecule has 5 aliphatic carbocycles. The van der Waals surface area contributed by atoms with Crippen LogP contribution in [0.3, 0.4) is 0 Å². The number of hydrogen-bond acceptors (Lipinski definition) is 15. The van der Waals surface area contributed by atoms with E-state index < -0.39 is 116 Å². The molecule has 0 amide bonds. The van der Waals surface area contributed by atoms with Crippen molar-refractivity contribution in [3.63, 3.8) is 0 Å². The molecule has 8 rings (SSSR count). The molecule has 8 aliphatic rings. The van der Waals surface area contributed by atoms with Crippen LogP contribution in [0.5, 0.6) is 0 Å². The number of hydrogen-bond donors (Lipinski definition) is 9. The summed E-state index contributed by atoms with van der Waals surface area (Å²) < 4.78 is 37.1. The summed E-state index contributed by atoms with van der Waals surface area (Å²) in [5.41, 5.74) is 0.0522. The van der Waals surface area contributed by atoms with Gasteiger partial charge >= 0.3 is 5.97 Å². The van der Waals surface area contributed by atoms with Gasteiger partial charge in [0.1, 0.15) is 61.0 Å². The molecule has 22 atom stereocenters. The number of rotatable bonds is 8. The van der Waals surface area contributed by atoms with Crippen molar-refractivity contribution in [3.8, 4) is 0 Å². The Morgan fingerprint density at radius 2 is 1.35 bits per heavy atom. The zero-order valence-corrected chi connectivity index (χ0v) is 38.3. The van der Waals surface area contributed by atoms with Gasteiger partial charge in [-0.2, -0.15) is 0 Å². The van der Waals surface area contributed by atoms with Gasteiger partial charge in [-0.05, 0) is 116 Å². The van der Waals surface area contributed by atoms with Crippen molar-refractivity contribution in [2.75, 3.05) is 13.2 Å². The van der Waals surface area contributed by atoms with E-state index in [4.69, 9.17) is 28.4 Å². The van der Waals surface area contributed by atoms with Crippen LogP contribution >= 0.6 is 0 Å². The molecule has 3 heterocycles. The molecule has 9 N–H and O–H groups in total. The van der Waals surface area contributed by atoms with Crippen molar-refractivity contribution in [3.05, 3.63) is 11.6 Å². The van der Waals surface area contributed by atoms with Gasteiger partial charge in [-0.3, -0.25) is 4.79 Å². The number of aliphatic hydroxyl groups is 8. The molecule has 4 saturated carbocycles. The molecule has 3 aliphatic heterocycles. The number of aliphatic carboxylic acids is 1. The van der Waals surface area contributed by atoms with E-state index in [0.717, 1.165) is 51.4 Å². The van der Waals surface area contributed by atoms with Crippen LogP contribution in [0.2, 0.25) is 0 Å². The Morgan fingerprint density at radius 3 is 2.02 bits per heavy atom. The number of ether oxygens (including phenoxy) is 6. The molecular formula is C47H76O16. The highest BCUT2D eigenvalue weighted by atomic mass is 16.8. The van der Waals surface area contributed by atoms with Gasteiger partial charge in [0.05, 0.1) is 30.8 Å². The van der Waals surface area contributed by atoms with E-state index in [1.165, 1.54) is 12.5 Å². The van der Waals surface area contributed by atoms with Crippen molar-refractivity contribution in [2.45, 2.75) is 212 Å². The van der Waals surface area contributed by atoms with E-state index in [0.29, 0.717) is 18.8 Å². The normalized spacial score (nSPS) is 54.1. The zero-order valence-electron chi connectivity index (χ0n) is 38.3. The molecule has 0 aromatic heterocycles. The number of carboxylic acid groups (broad SMARTS) is 1. The van der Waals surface area contributed by atoms with Gasteiger partial charge in [0.25, 0.3) is 0 Å². The predicted molar refractivity (Wildman–Crippen MR) is 223 cm³/mol. The molecule has 0 radical (unpaired) electrons. The topological polar surface area (TPSA) is 255 Å². The quantitative estimate of drug-likeness (QED) is 0.125. The SMILES string of the molecule is C[C@@H]1O[C@@H](O[C@H]2[C@H](O[C@H]3CC[C@]4(C)[C@H]5CC=C6[C@@H]7CC(C)(C)CC[C@]7(C(=O)O)CC[C@@]6(C)[C@]5(C)CC[C@H]4C3(C)C)OC[C@H](O)[C@@H]2O[C@@H]2O[C@H](CO)[C@@H](O)[C@H](O)[C@H]2O)[C@H](O)[C@H](O)[C@H]1O. The van der Waals surface area contributed by atoms with Crippen molar-refractivity contribution >= 4 is 5.97 Å². The van der Waals surface area contributed by atoms with E-state index in [9.17, 15) is 50.8 Å². The minimum absolute atomic E-state index is 0.0238. The van der Waals surface area contributed by atoms with E-state index in [2.05, 4.69) is 54.5 Å². The highest BCUT2D eigenvalue weighted by molar-refractivity contribution is 5.76. The Kier molecular flexibility index (Phi) is 12.8. The number of aliphatic hydroxyl groups excluding tert-OH is 8. The lowest BCUT2D eigenvalue weighted by molar-refractivity contribution is -0.388. The smallest absolute Gasteiger partial charge is 0.310 e. The number of carbonyl (C=O) groups is 1. The van der Waals surface area contributed by atoms with Crippen molar-refractivity contribution < 1.29 is 79.2 Å².